The predicted octanol–water partition coefficient (Wildman–Crippen LogP) is 4.44. The third-order valence-electron chi connectivity index (χ3n) is 3.75. The second kappa shape index (κ2) is 11.3. The third kappa shape index (κ3) is 8.34. The average Bonchev–Trinajstić information content (AvgIpc) is 2.64. The summed E-state index contributed by atoms with van der Waals surface area (Å²) in [6, 6.07) is 9.60. The molecule has 0 aliphatic heterocycles. The molecule has 2 aromatic rings. The topological polar surface area (TPSA) is 58.5 Å². The van der Waals surface area contributed by atoms with Crippen molar-refractivity contribution in [3.8, 4) is 11.6 Å². The number of thioether (sulfide) groups is 1. The highest BCUT2D eigenvalue weighted by Crippen LogP contribution is 2.20. The first-order valence-corrected chi connectivity index (χ1v) is 9.52. The van der Waals surface area contributed by atoms with E-state index in [2.05, 4.69) is 40.7 Å². The first-order chi connectivity index (χ1) is 12.4. The quantitative estimate of drug-likeness (QED) is 0.332. The van der Waals surface area contributed by atoms with Crippen molar-refractivity contribution in [2.75, 3.05) is 19.8 Å². The highest BCUT2D eigenvalue weighted by atomic mass is 127. The summed E-state index contributed by atoms with van der Waals surface area (Å²) in [6.07, 6.45) is 3.78. The Morgan fingerprint density at radius 2 is 1.93 bits per heavy atom. The smallest absolute Gasteiger partial charge is 0.219 e. The van der Waals surface area contributed by atoms with Crippen molar-refractivity contribution in [1.29, 1.82) is 0 Å². The van der Waals surface area contributed by atoms with Gasteiger partial charge in [0.25, 0.3) is 0 Å². The molecule has 5 nitrogen and oxygen atoms in total. The average molecular weight is 504 g/mol. The Labute approximate surface area is 181 Å². The number of guanidine groups is 1. The fraction of sp³-hybridized carbons (Fsp3) is 0.368. The van der Waals surface area contributed by atoms with Gasteiger partial charge >= 0.3 is 0 Å². The van der Waals surface area contributed by atoms with Crippen LogP contribution in [0.2, 0.25) is 0 Å². The molecule has 0 bridgehead atoms. The number of halogens is 2. The van der Waals surface area contributed by atoms with E-state index >= 15 is 0 Å². The van der Waals surface area contributed by atoms with E-state index in [0.717, 1.165) is 18.1 Å². The fourth-order valence-corrected chi connectivity index (χ4v) is 2.23. The largest absolute Gasteiger partial charge is 0.439 e. The van der Waals surface area contributed by atoms with Gasteiger partial charge in [0.15, 0.2) is 5.96 Å². The van der Waals surface area contributed by atoms with E-state index in [1.807, 2.05) is 12.1 Å². The summed E-state index contributed by atoms with van der Waals surface area (Å²) in [5.41, 5.74) is 1.00. The van der Waals surface area contributed by atoms with Gasteiger partial charge in [0.2, 0.25) is 5.88 Å². The molecule has 0 atom stereocenters. The second-order valence-corrected chi connectivity index (χ2v) is 7.81. The van der Waals surface area contributed by atoms with Crippen LogP contribution in [0.1, 0.15) is 19.4 Å². The molecular formula is C19H26FIN4OS. The Hall–Kier alpha value is -1.55. The van der Waals surface area contributed by atoms with Gasteiger partial charge in [-0.25, -0.2) is 9.37 Å². The molecular weight excluding hydrogens is 478 g/mol. The highest BCUT2D eigenvalue weighted by molar-refractivity contribution is 14.0. The van der Waals surface area contributed by atoms with Crippen LogP contribution in [0.15, 0.2) is 47.6 Å². The Kier molecular flexibility index (Phi) is 9.86. The lowest BCUT2D eigenvalue weighted by Gasteiger charge is -2.23. The lowest BCUT2D eigenvalue weighted by molar-refractivity contribution is 0.460. The standard InChI is InChI=1S/C19H25FN4OS.HI/c1-19(2,26-4)13-24-18(21-3)23-12-14-9-10-22-17(11-14)25-16-7-5-15(20)6-8-16;/h5-11H,12-13H2,1-4H3,(H2,21,23,24);1H. The van der Waals surface area contributed by atoms with Crippen LogP contribution < -0.4 is 15.4 Å². The van der Waals surface area contributed by atoms with E-state index < -0.39 is 0 Å². The van der Waals surface area contributed by atoms with Crippen molar-refractivity contribution < 1.29 is 9.13 Å². The molecule has 0 aliphatic carbocycles. The van der Waals surface area contributed by atoms with Crippen molar-refractivity contribution in [1.82, 2.24) is 15.6 Å². The maximum absolute atomic E-state index is 13.0. The van der Waals surface area contributed by atoms with Gasteiger partial charge < -0.3 is 15.4 Å². The van der Waals surface area contributed by atoms with E-state index in [4.69, 9.17) is 4.74 Å². The van der Waals surface area contributed by atoms with Crippen LogP contribution in [0.3, 0.4) is 0 Å². The zero-order valence-corrected chi connectivity index (χ0v) is 19.1. The maximum atomic E-state index is 13.0. The van der Waals surface area contributed by atoms with Crippen LogP contribution in [0.4, 0.5) is 4.39 Å². The first kappa shape index (κ1) is 23.5. The molecule has 27 heavy (non-hydrogen) atoms. The molecule has 0 amide bonds. The van der Waals surface area contributed by atoms with Gasteiger partial charge in [0.1, 0.15) is 11.6 Å². The number of pyridine rings is 1. The summed E-state index contributed by atoms with van der Waals surface area (Å²) in [6.45, 7) is 5.75. The Morgan fingerprint density at radius 1 is 1.22 bits per heavy atom. The molecule has 2 N–H and O–H groups in total. The second-order valence-electron chi connectivity index (χ2n) is 6.30. The van der Waals surface area contributed by atoms with Gasteiger partial charge in [-0.05, 0) is 56.0 Å². The van der Waals surface area contributed by atoms with Crippen LogP contribution in [0.25, 0.3) is 0 Å². The molecule has 0 unspecified atom stereocenters. The summed E-state index contributed by atoms with van der Waals surface area (Å²) >= 11 is 1.80. The molecule has 1 heterocycles. The number of hydrogen-bond acceptors (Lipinski definition) is 4. The minimum absolute atomic E-state index is 0. The SMILES string of the molecule is CN=C(NCc1ccnc(Oc2ccc(F)cc2)c1)NCC(C)(C)SC.I. The van der Waals surface area contributed by atoms with Crippen LogP contribution >= 0.6 is 35.7 Å². The van der Waals surface area contributed by atoms with Crippen molar-refractivity contribution in [3.63, 3.8) is 0 Å². The van der Waals surface area contributed by atoms with Gasteiger partial charge in [0.05, 0.1) is 0 Å². The highest BCUT2D eigenvalue weighted by Gasteiger charge is 2.16. The summed E-state index contributed by atoms with van der Waals surface area (Å²) in [5, 5.41) is 6.60. The molecule has 8 heteroatoms. The summed E-state index contributed by atoms with van der Waals surface area (Å²) in [5.74, 6) is 1.44. The van der Waals surface area contributed by atoms with Crippen molar-refractivity contribution in [2.24, 2.45) is 4.99 Å². The fourth-order valence-electron chi connectivity index (χ4n) is 2.01. The van der Waals surface area contributed by atoms with E-state index in [-0.39, 0.29) is 34.5 Å². The summed E-state index contributed by atoms with van der Waals surface area (Å²) < 4.78 is 18.7. The van der Waals surface area contributed by atoms with Crippen molar-refractivity contribution >= 4 is 41.7 Å². The number of nitrogens with one attached hydrogen (secondary N) is 2. The van der Waals surface area contributed by atoms with Crippen LogP contribution in [0, 0.1) is 5.82 Å². The lowest BCUT2D eigenvalue weighted by atomic mass is 10.2. The molecule has 0 aliphatic rings. The molecule has 1 aromatic heterocycles. The molecule has 0 saturated carbocycles. The number of ether oxygens (including phenoxy) is 1. The van der Waals surface area contributed by atoms with Gasteiger partial charge in [-0.1, -0.05) is 0 Å². The Bertz CT molecular complexity index is 741. The number of rotatable bonds is 7. The maximum Gasteiger partial charge on any atom is 0.219 e. The van der Waals surface area contributed by atoms with Gasteiger partial charge in [-0.3, -0.25) is 4.99 Å². The van der Waals surface area contributed by atoms with E-state index in [0.29, 0.717) is 18.2 Å². The Morgan fingerprint density at radius 3 is 2.56 bits per heavy atom. The molecule has 1 aromatic carbocycles. The molecule has 0 radical (unpaired) electrons. The number of benzene rings is 1. The minimum atomic E-state index is -0.299. The predicted molar refractivity (Wildman–Crippen MR) is 122 cm³/mol. The van der Waals surface area contributed by atoms with E-state index in [1.165, 1.54) is 12.1 Å². The molecule has 148 valence electrons. The molecule has 0 spiro atoms. The van der Waals surface area contributed by atoms with Gasteiger partial charge in [0, 0.05) is 37.1 Å². The summed E-state index contributed by atoms with van der Waals surface area (Å²) in [7, 11) is 1.75. The number of aromatic nitrogens is 1. The molecule has 0 saturated heterocycles. The zero-order valence-electron chi connectivity index (χ0n) is 16.0. The Balaban J connectivity index is 0.00000364. The van der Waals surface area contributed by atoms with Crippen molar-refractivity contribution in [2.45, 2.75) is 25.1 Å². The number of nitrogens with zero attached hydrogens (tertiary/aromatic N) is 2. The van der Waals surface area contributed by atoms with Crippen molar-refractivity contribution in [3.05, 3.63) is 54.0 Å². The minimum Gasteiger partial charge on any atom is -0.439 e. The summed E-state index contributed by atoms with van der Waals surface area (Å²) in [4.78, 5) is 8.43. The zero-order chi connectivity index (χ0) is 19.0. The normalized spacial score (nSPS) is 11.5. The molecule has 0 fully saturated rings. The number of aliphatic imine (C=N–C) groups is 1. The lowest BCUT2D eigenvalue weighted by Crippen LogP contribution is -2.42. The monoisotopic (exact) mass is 504 g/mol. The van der Waals surface area contributed by atoms with Crippen LogP contribution in [-0.2, 0) is 6.54 Å². The van der Waals surface area contributed by atoms with E-state index in [1.54, 1.807) is 37.1 Å². The van der Waals surface area contributed by atoms with Gasteiger partial charge in [-0.2, -0.15) is 11.8 Å². The van der Waals surface area contributed by atoms with Gasteiger partial charge in [-0.15, -0.1) is 24.0 Å². The first-order valence-electron chi connectivity index (χ1n) is 8.30. The third-order valence-corrected chi connectivity index (χ3v) is 5.00. The van der Waals surface area contributed by atoms with E-state index in [9.17, 15) is 4.39 Å². The molecule has 2 rings (SSSR count). The number of hydrogen-bond donors (Lipinski definition) is 2. The van der Waals surface area contributed by atoms with Crippen LogP contribution in [0.5, 0.6) is 11.6 Å². The van der Waals surface area contributed by atoms with Crippen LogP contribution in [-0.4, -0.2) is 35.5 Å².